The van der Waals surface area contributed by atoms with E-state index < -0.39 is 0 Å². The fourth-order valence-electron chi connectivity index (χ4n) is 1.80. The molecule has 4 heteroatoms. The van der Waals surface area contributed by atoms with Gasteiger partial charge in [0.2, 0.25) is 0 Å². The second-order valence-corrected chi connectivity index (χ2v) is 4.82. The largest absolute Gasteiger partial charge is 0.496 e. The highest BCUT2D eigenvalue weighted by Gasteiger charge is 2.09. The van der Waals surface area contributed by atoms with Gasteiger partial charge in [0.15, 0.2) is 0 Å². The molecule has 1 rings (SSSR count). The number of hydrogen-bond acceptors (Lipinski definition) is 3. The minimum atomic E-state index is -0.227. The molecule has 0 aromatic heterocycles. The van der Waals surface area contributed by atoms with Gasteiger partial charge in [0.1, 0.15) is 11.6 Å². The van der Waals surface area contributed by atoms with Crippen LogP contribution < -0.4 is 10.5 Å². The molecular formula is C14H23FN2O. The zero-order chi connectivity index (χ0) is 13.5. The summed E-state index contributed by atoms with van der Waals surface area (Å²) in [4.78, 5) is 2.16. The third kappa shape index (κ3) is 4.63. The van der Waals surface area contributed by atoms with E-state index in [0.717, 1.165) is 24.3 Å². The highest BCUT2D eigenvalue weighted by molar-refractivity contribution is 5.33. The maximum atomic E-state index is 13.2. The molecule has 0 saturated carbocycles. The second kappa shape index (κ2) is 7.34. The molecule has 18 heavy (non-hydrogen) atoms. The maximum absolute atomic E-state index is 13.2. The number of rotatable bonds is 7. The van der Waals surface area contributed by atoms with Crippen molar-refractivity contribution in [2.45, 2.75) is 19.9 Å². The van der Waals surface area contributed by atoms with Crippen LogP contribution in [0.15, 0.2) is 18.2 Å². The van der Waals surface area contributed by atoms with Gasteiger partial charge in [-0.2, -0.15) is 0 Å². The Labute approximate surface area is 109 Å². The summed E-state index contributed by atoms with van der Waals surface area (Å²) in [6, 6.07) is 4.61. The average Bonchev–Trinajstić information content (AvgIpc) is 2.36. The third-order valence-corrected chi connectivity index (χ3v) is 3.09. The number of methoxy groups -OCH3 is 1. The molecule has 2 N–H and O–H groups in total. The molecule has 102 valence electrons. The van der Waals surface area contributed by atoms with Gasteiger partial charge >= 0.3 is 0 Å². The summed E-state index contributed by atoms with van der Waals surface area (Å²) in [7, 11) is 3.63. The first-order valence-electron chi connectivity index (χ1n) is 6.27. The van der Waals surface area contributed by atoms with Crippen molar-refractivity contribution in [1.82, 2.24) is 4.90 Å². The first kappa shape index (κ1) is 14.9. The van der Waals surface area contributed by atoms with E-state index in [1.807, 2.05) is 7.05 Å². The topological polar surface area (TPSA) is 38.5 Å². The molecule has 0 fully saturated rings. The molecule has 1 unspecified atom stereocenters. The molecule has 1 atom stereocenters. The summed E-state index contributed by atoms with van der Waals surface area (Å²) < 4.78 is 18.4. The minimum Gasteiger partial charge on any atom is -0.496 e. The third-order valence-electron chi connectivity index (χ3n) is 3.09. The summed E-state index contributed by atoms with van der Waals surface area (Å²) in [5.41, 5.74) is 6.46. The predicted octanol–water partition coefficient (Wildman–Crippen LogP) is 2.25. The Kier molecular flexibility index (Phi) is 6.09. The van der Waals surface area contributed by atoms with Crippen LogP contribution in [-0.2, 0) is 6.54 Å². The van der Waals surface area contributed by atoms with Crippen LogP contribution in [0.3, 0.4) is 0 Å². The average molecular weight is 254 g/mol. The van der Waals surface area contributed by atoms with Crippen molar-refractivity contribution in [3.05, 3.63) is 29.6 Å². The van der Waals surface area contributed by atoms with Gasteiger partial charge in [-0.15, -0.1) is 0 Å². The van der Waals surface area contributed by atoms with Gasteiger partial charge in [0.05, 0.1) is 7.11 Å². The highest BCUT2D eigenvalue weighted by Crippen LogP contribution is 2.20. The number of benzene rings is 1. The quantitative estimate of drug-likeness (QED) is 0.811. The predicted molar refractivity (Wildman–Crippen MR) is 72.1 cm³/mol. The summed E-state index contributed by atoms with van der Waals surface area (Å²) in [5, 5.41) is 0. The number of ether oxygens (including phenoxy) is 1. The molecule has 0 bridgehead atoms. The molecule has 0 heterocycles. The van der Waals surface area contributed by atoms with Crippen molar-refractivity contribution in [1.29, 1.82) is 0 Å². The molecule has 0 saturated heterocycles. The zero-order valence-electron chi connectivity index (χ0n) is 11.4. The Bertz CT molecular complexity index is 371. The van der Waals surface area contributed by atoms with Gasteiger partial charge in [-0.3, -0.25) is 0 Å². The Morgan fingerprint density at radius 3 is 2.78 bits per heavy atom. The lowest BCUT2D eigenvalue weighted by Crippen LogP contribution is -2.23. The standard InChI is InChI=1S/C14H23FN2O/c1-11(9-16)6-7-17(2)10-12-8-13(15)4-5-14(12)18-3/h4-5,8,11H,6-7,9-10,16H2,1-3H3. The van der Waals surface area contributed by atoms with Crippen molar-refractivity contribution in [2.75, 3.05) is 27.2 Å². The van der Waals surface area contributed by atoms with Crippen LogP contribution in [0.1, 0.15) is 18.9 Å². The molecule has 0 aliphatic heterocycles. The molecule has 0 amide bonds. The van der Waals surface area contributed by atoms with Crippen LogP contribution >= 0.6 is 0 Å². The number of nitrogens with zero attached hydrogens (tertiary/aromatic N) is 1. The summed E-state index contributed by atoms with van der Waals surface area (Å²) >= 11 is 0. The number of hydrogen-bond donors (Lipinski definition) is 1. The monoisotopic (exact) mass is 254 g/mol. The minimum absolute atomic E-state index is 0.227. The van der Waals surface area contributed by atoms with E-state index in [1.165, 1.54) is 12.1 Å². The molecule has 1 aromatic rings. The van der Waals surface area contributed by atoms with E-state index in [1.54, 1.807) is 13.2 Å². The van der Waals surface area contributed by atoms with Crippen molar-refractivity contribution >= 4 is 0 Å². The maximum Gasteiger partial charge on any atom is 0.123 e. The molecule has 0 aliphatic carbocycles. The first-order valence-corrected chi connectivity index (χ1v) is 6.27. The fraction of sp³-hybridized carbons (Fsp3) is 0.571. The van der Waals surface area contributed by atoms with Crippen LogP contribution in [0.5, 0.6) is 5.75 Å². The molecule has 0 radical (unpaired) electrons. The Balaban J connectivity index is 2.57. The fourth-order valence-corrected chi connectivity index (χ4v) is 1.80. The van der Waals surface area contributed by atoms with E-state index >= 15 is 0 Å². The zero-order valence-corrected chi connectivity index (χ0v) is 11.4. The lowest BCUT2D eigenvalue weighted by atomic mass is 10.1. The van der Waals surface area contributed by atoms with E-state index in [9.17, 15) is 4.39 Å². The molecule has 1 aromatic carbocycles. The summed E-state index contributed by atoms with van der Waals surface area (Å²) in [6.45, 7) is 4.46. The molecule has 0 spiro atoms. The van der Waals surface area contributed by atoms with Crippen LogP contribution in [0.2, 0.25) is 0 Å². The van der Waals surface area contributed by atoms with Crippen molar-refractivity contribution in [3.63, 3.8) is 0 Å². The van der Waals surface area contributed by atoms with Crippen molar-refractivity contribution in [3.8, 4) is 5.75 Å². The van der Waals surface area contributed by atoms with E-state index in [2.05, 4.69) is 11.8 Å². The number of halogens is 1. The number of nitrogens with two attached hydrogens (primary N) is 1. The summed E-state index contributed by atoms with van der Waals surface area (Å²) in [6.07, 6.45) is 1.05. The van der Waals surface area contributed by atoms with Gasteiger partial charge in [-0.25, -0.2) is 4.39 Å². The van der Waals surface area contributed by atoms with E-state index in [0.29, 0.717) is 19.0 Å². The van der Waals surface area contributed by atoms with Gasteiger partial charge in [0.25, 0.3) is 0 Å². The van der Waals surface area contributed by atoms with E-state index in [4.69, 9.17) is 10.5 Å². The van der Waals surface area contributed by atoms with Crippen molar-refractivity contribution < 1.29 is 9.13 Å². The smallest absolute Gasteiger partial charge is 0.123 e. The van der Waals surface area contributed by atoms with Crippen LogP contribution in [-0.4, -0.2) is 32.1 Å². The molecule has 3 nitrogen and oxygen atoms in total. The van der Waals surface area contributed by atoms with Crippen LogP contribution in [0, 0.1) is 11.7 Å². The van der Waals surface area contributed by atoms with E-state index in [-0.39, 0.29) is 5.82 Å². The van der Waals surface area contributed by atoms with Crippen LogP contribution in [0.25, 0.3) is 0 Å². The SMILES string of the molecule is COc1ccc(F)cc1CN(C)CCC(C)CN. The first-order chi connectivity index (χ1) is 8.56. The summed E-state index contributed by atoms with van der Waals surface area (Å²) in [5.74, 6) is 1.02. The van der Waals surface area contributed by atoms with Gasteiger partial charge in [-0.05, 0) is 50.7 Å². The molecular weight excluding hydrogens is 231 g/mol. The Morgan fingerprint density at radius 2 is 2.17 bits per heavy atom. The van der Waals surface area contributed by atoms with Gasteiger partial charge in [0, 0.05) is 12.1 Å². The van der Waals surface area contributed by atoms with Crippen molar-refractivity contribution in [2.24, 2.45) is 11.7 Å². The lowest BCUT2D eigenvalue weighted by molar-refractivity contribution is 0.293. The molecule has 0 aliphatic rings. The Hall–Kier alpha value is -1.13. The van der Waals surface area contributed by atoms with Crippen LogP contribution in [0.4, 0.5) is 4.39 Å². The van der Waals surface area contributed by atoms with Gasteiger partial charge in [-0.1, -0.05) is 6.92 Å². The second-order valence-electron chi connectivity index (χ2n) is 4.82. The normalized spacial score (nSPS) is 12.8. The highest BCUT2D eigenvalue weighted by atomic mass is 19.1. The van der Waals surface area contributed by atoms with Gasteiger partial charge < -0.3 is 15.4 Å². The Morgan fingerprint density at radius 1 is 1.44 bits per heavy atom. The lowest BCUT2D eigenvalue weighted by Gasteiger charge is -2.20.